The Bertz CT molecular complexity index is 1240. The molecule has 0 bridgehead atoms. The third-order valence-corrected chi connectivity index (χ3v) is 5.85. The number of aromatic nitrogens is 2. The SMILES string of the molecule is C[C@@H](CCCCN)n1c(NC(=O)c2cccc(C(=O)O)c2)nc2ccc(Cl)c(C(=O)N(C)C)c21. The van der Waals surface area contributed by atoms with Gasteiger partial charge < -0.3 is 20.3 Å². The van der Waals surface area contributed by atoms with Crippen molar-refractivity contribution in [2.24, 2.45) is 5.73 Å². The third-order valence-electron chi connectivity index (χ3n) is 5.54. The molecule has 0 radical (unpaired) electrons. The van der Waals surface area contributed by atoms with Crippen molar-refractivity contribution < 1.29 is 19.5 Å². The van der Waals surface area contributed by atoms with Gasteiger partial charge in [-0.15, -0.1) is 0 Å². The van der Waals surface area contributed by atoms with E-state index in [2.05, 4.69) is 10.3 Å². The van der Waals surface area contributed by atoms with E-state index in [0.717, 1.165) is 19.3 Å². The van der Waals surface area contributed by atoms with Gasteiger partial charge in [0.2, 0.25) is 5.95 Å². The number of carbonyl (C=O) groups excluding carboxylic acids is 2. The maximum atomic E-state index is 13.0. The number of fused-ring (bicyclic) bond motifs is 1. The van der Waals surface area contributed by atoms with E-state index in [4.69, 9.17) is 17.3 Å². The molecule has 0 aliphatic rings. The van der Waals surface area contributed by atoms with Crippen LogP contribution in [0.25, 0.3) is 11.0 Å². The molecular formula is C24H28ClN5O4. The number of aromatic carboxylic acids is 1. The van der Waals surface area contributed by atoms with Crippen molar-refractivity contribution in [1.29, 1.82) is 0 Å². The van der Waals surface area contributed by atoms with Gasteiger partial charge in [0.15, 0.2) is 0 Å². The van der Waals surface area contributed by atoms with Crippen molar-refractivity contribution >= 4 is 46.4 Å². The summed E-state index contributed by atoms with van der Waals surface area (Å²) in [6, 6.07) is 8.92. The van der Waals surface area contributed by atoms with Gasteiger partial charge in [0, 0.05) is 25.7 Å². The van der Waals surface area contributed by atoms with Crippen LogP contribution >= 0.6 is 11.6 Å². The molecule has 0 unspecified atom stereocenters. The van der Waals surface area contributed by atoms with Crippen molar-refractivity contribution in [3.05, 3.63) is 58.1 Å². The van der Waals surface area contributed by atoms with Gasteiger partial charge >= 0.3 is 5.97 Å². The highest BCUT2D eigenvalue weighted by Gasteiger charge is 2.26. The van der Waals surface area contributed by atoms with Crippen LogP contribution in [0.1, 0.15) is 63.3 Å². The number of nitrogens with two attached hydrogens (primary N) is 1. The first-order valence-electron chi connectivity index (χ1n) is 10.9. The van der Waals surface area contributed by atoms with Crippen LogP contribution in [0.2, 0.25) is 5.02 Å². The van der Waals surface area contributed by atoms with E-state index in [1.54, 1.807) is 26.2 Å². The number of hydrogen-bond acceptors (Lipinski definition) is 5. The summed E-state index contributed by atoms with van der Waals surface area (Å²) >= 11 is 6.46. The molecule has 0 saturated heterocycles. The molecule has 3 aromatic rings. The summed E-state index contributed by atoms with van der Waals surface area (Å²) in [5, 5.41) is 12.3. The van der Waals surface area contributed by atoms with Gasteiger partial charge in [0.05, 0.1) is 27.2 Å². The number of nitrogens with one attached hydrogen (secondary N) is 1. The minimum atomic E-state index is -1.13. The number of nitrogens with zero attached hydrogens (tertiary/aromatic N) is 3. The fourth-order valence-corrected chi connectivity index (χ4v) is 4.02. The van der Waals surface area contributed by atoms with Crippen LogP contribution < -0.4 is 11.1 Å². The number of carboxylic acid groups (broad SMARTS) is 1. The van der Waals surface area contributed by atoms with Crippen molar-refractivity contribution in [2.75, 3.05) is 26.0 Å². The van der Waals surface area contributed by atoms with Crippen LogP contribution in [0.5, 0.6) is 0 Å². The first-order valence-corrected chi connectivity index (χ1v) is 11.3. The minimum Gasteiger partial charge on any atom is -0.478 e. The largest absolute Gasteiger partial charge is 0.478 e. The van der Waals surface area contributed by atoms with Crippen molar-refractivity contribution in [1.82, 2.24) is 14.5 Å². The summed E-state index contributed by atoms with van der Waals surface area (Å²) in [6.45, 7) is 2.54. The molecule has 34 heavy (non-hydrogen) atoms. The first-order chi connectivity index (χ1) is 16.1. The number of carbonyl (C=O) groups is 3. The Morgan fingerprint density at radius 3 is 2.53 bits per heavy atom. The van der Waals surface area contributed by atoms with Gasteiger partial charge in [0.25, 0.3) is 11.8 Å². The summed E-state index contributed by atoms with van der Waals surface area (Å²) in [5.41, 5.74) is 7.17. The number of benzene rings is 2. The average Bonchev–Trinajstić information content (AvgIpc) is 3.16. The van der Waals surface area contributed by atoms with E-state index in [0.29, 0.717) is 23.1 Å². The molecule has 9 nitrogen and oxygen atoms in total. The number of rotatable bonds is 9. The molecule has 0 aliphatic carbocycles. The van der Waals surface area contributed by atoms with Crippen LogP contribution in [-0.2, 0) is 0 Å². The number of amides is 2. The fraction of sp³-hybridized carbons (Fsp3) is 0.333. The lowest BCUT2D eigenvalue weighted by atomic mass is 10.1. The fourth-order valence-electron chi connectivity index (χ4n) is 3.79. The van der Waals surface area contributed by atoms with E-state index < -0.39 is 11.9 Å². The van der Waals surface area contributed by atoms with E-state index in [1.165, 1.54) is 29.2 Å². The zero-order valence-electron chi connectivity index (χ0n) is 19.3. The molecule has 1 atom stereocenters. The van der Waals surface area contributed by atoms with E-state index in [9.17, 15) is 19.5 Å². The number of imidazole rings is 1. The third kappa shape index (κ3) is 5.21. The average molecular weight is 486 g/mol. The van der Waals surface area contributed by atoms with Gasteiger partial charge in [-0.05, 0) is 56.6 Å². The van der Waals surface area contributed by atoms with Crippen molar-refractivity contribution in [2.45, 2.75) is 32.2 Å². The molecule has 180 valence electrons. The van der Waals surface area contributed by atoms with Crippen LogP contribution in [0.15, 0.2) is 36.4 Å². The molecule has 1 aromatic heterocycles. The van der Waals surface area contributed by atoms with Crippen LogP contribution in [0.4, 0.5) is 5.95 Å². The first kappa shape index (κ1) is 25.2. The van der Waals surface area contributed by atoms with Crippen LogP contribution in [0.3, 0.4) is 0 Å². The van der Waals surface area contributed by atoms with Crippen LogP contribution in [0, 0.1) is 0 Å². The molecule has 0 saturated carbocycles. The number of hydrogen-bond donors (Lipinski definition) is 3. The minimum absolute atomic E-state index is 0.00181. The molecule has 1 heterocycles. The predicted octanol–water partition coefficient (Wildman–Crippen LogP) is 4.03. The summed E-state index contributed by atoms with van der Waals surface area (Å²) in [6.07, 6.45) is 2.43. The Morgan fingerprint density at radius 1 is 1.18 bits per heavy atom. The Balaban J connectivity index is 2.13. The number of carboxylic acids is 1. The molecular weight excluding hydrogens is 458 g/mol. The van der Waals surface area contributed by atoms with Gasteiger partial charge in [-0.25, -0.2) is 9.78 Å². The van der Waals surface area contributed by atoms with Gasteiger partial charge in [0.1, 0.15) is 0 Å². The Kier molecular flexibility index (Phi) is 7.90. The quantitative estimate of drug-likeness (QED) is 0.392. The Hall–Kier alpha value is -3.43. The van der Waals surface area contributed by atoms with Gasteiger partial charge in [-0.3, -0.25) is 14.9 Å². The molecule has 2 aromatic carbocycles. The second-order valence-electron chi connectivity index (χ2n) is 8.27. The normalized spacial score (nSPS) is 11.9. The highest BCUT2D eigenvalue weighted by molar-refractivity contribution is 6.35. The lowest BCUT2D eigenvalue weighted by Gasteiger charge is -2.20. The van der Waals surface area contributed by atoms with Crippen molar-refractivity contribution in [3.8, 4) is 0 Å². The second-order valence-corrected chi connectivity index (χ2v) is 8.68. The Morgan fingerprint density at radius 2 is 1.88 bits per heavy atom. The molecule has 2 amide bonds. The summed E-state index contributed by atoms with van der Waals surface area (Å²) in [5.74, 6) is -1.67. The van der Waals surface area contributed by atoms with Crippen molar-refractivity contribution in [3.63, 3.8) is 0 Å². The lowest BCUT2D eigenvalue weighted by Crippen LogP contribution is -2.24. The molecule has 10 heteroatoms. The van der Waals surface area contributed by atoms with Gasteiger partial charge in [-0.2, -0.15) is 0 Å². The zero-order valence-corrected chi connectivity index (χ0v) is 20.1. The second kappa shape index (κ2) is 10.7. The lowest BCUT2D eigenvalue weighted by molar-refractivity contribution is 0.0696. The van der Waals surface area contributed by atoms with E-state index in [-0.39, 0.29) is 34.0 Å². The van der Waals surface area contributed by atoms with E-state index >= 15 is 0 Å². The topological polar surface area (TPSA) is 131 Å². The van der Waals surface area contributed by atoms with E-state index in [1.807, 2.05) is 11.5 Å². The molecule has 0 spiro atoms. The van der Waals surface area contributed by atoms with Gasteiger partial charge in [-0.1, -0.05) is 24.1 Å². The predicted molar refractivity (Wildman–Crippen MR) is 132 cm³/mol. The summed E-state index contributed by atoms with van der Waals surface area (Å²) in [7, 11) is 3.28. The molecule has 0 aliphatic heterocycles. The maximum Gasteiger partial charge on any atom is 0.335 e. The monoisotopic (exact) mass is 485 g/mol. The number of halogens is 1. The molecule has 4 N–H and O–H groups in total. The Labute approximate surface area is 202 Å². The maximum absolute atomic E-state index is 13.0. The highest BCUT2D eigenvalue weighted by Crippen LogP contribution is 2.34. The standard InChI is InChI=1S/C24H28ClN5O4/c1-14(7-4-5-12-26)30-20-18(11-10-17(25)19(20)22(32)29(2)3)27-24(30)28-21(31)15-8-6-9-16(13-15)23(33)34/h6,8-11,13-14H,4-5,7,12,26H2,1-3H3,(H,33,34)(H,27,28,31)/t14-/m0/s1. The smallest absolute Gasteiger partial charge is 0.335 e. The molecule has 3 rings (SSSR count). The van der Waals surface area contributed by atoms with Crippen LogP contribution in [-0.4, -0.2) is 58.0 Å². The summed E-state index contributed by atoms with van der Waals surface area (Å²) < 4.78 is 1.81. The molecule has 0 fully saturated rings. The highest BCUT2D eigenvalue weighted by atomic mass is 35.5. The number of unbranched alkanes of at least 4 members (excludes halogenated alkanes) is 1. The summed E-state index contributed by atoms with van der Waals surface area (Å²) in [4.78, 5) is 43.4. The zero-order chi connectivity index (χ0) is 25.0. The number of anilines is 1.